The minimum atomic E-state index is -0.368. The van der Waals surface area contributed by atoms with Gasteiger partial charge in [-0.15, -0.1) is 16.8 Å². The highest BCUT2D eigenvalue weighted by Crippen LogP contribution is 2.27. The SMILES string of the molecule is C=CCn1c(SCC(=O)Nc2ccccc2OC)nnc1[C@@H](NC(=O)c1cccc(C)c1)C(C)C. The van der Waals surface area contributed by atoms with Crippen LogP contribution < -0.4 is 15.4 Å². The van der Waals surface area contributed by atoms with Crippen molar-refractivity contribution in [1.82, 2.24) is 20.1 Å². The molecule has 9 heteroatoms. The van der Waals surface area contributed by atoms with Gasteiger partial charge in [0, 0.05) is 12.1 Å². The number of ether oxygens (including phenoxy) is 1. The number of methoxy groups -OCH3 is 1. The first-order valence-corrected chi connectivity index (χ1v) is 12.3. The molecule has 2 aromatic carbocycles. The van der Waals surface area contributed by atoms with Crippen LogP contribution in [0.15, 0.2) is 66.3 Å². The number of amides is 2. The van der Waals surface area contributed by atoms with Crippen LogP contribution in [-0.2, 0) is 11.3 Å². The summed E-state index contributed by atoms with van der Waals surface area (Å²) >= 11 is 1.27. The maximum Gasteiger partial charge on any atom is 0.251 e. The topological polar surface area (TPSA) is 98.1 Å². The second-order valence-electron chi connectivity index (χ2n) is 8.34. The Labute approximate surface area is 210 Å². The summed E-state index contributed by atoms with van der Waals surface area (Å²) < 4.78 is 7.17. The second kappa shape index (κ2) is 12.2. The van der Waals surface area contributed by atoms with E-state index in [0.717, 1.165) is 5.56 Å². The molecule has 0 fully saturated rings. The van der Waals surface area contributed by atoms with Gasteiger partial charge in [0.25, 0.3) is 5.91 Å². The Morgan fingerprint density at radius 1 is 1.17 bits per heavy atom. The highest BCUT2D eigenvalue weighted by molar-refractivity contribution is 7.99. The molecule has 0 saturated heterocycles. The molecule has 0 aliphatic heterocycles. The van der Waals surface area contributed by atoms with Crippen molar-refractivity contribution in [3.8, 4) is 5.75 Å². The summed E-state index contributed by atoms with van der Waals surface area (Å²) in [6.45, 7) is 10.3. The van der Waals surface area contributed by atoms with Gasteiger partial charge in [-0.25, -0.2) is 0 Å². The van der Waals surface area contributed by atoms with Crippen molar-refractivity contribution >= 4 is 29.3 Å². The number of thioether (sulfide) groups is 1. The number of benzene rings is 2. The Hall–Kier alpha value is -3.59. The molecule has 2 amide bonds. The standard InChI is InChI=1S/C26H31N5O3S/c1-6-14-31-24(23(17(2)3)28-25(33)19-11-9-10-18(4)15-19)29-30-26(31)35-16-22(32)27-20-12-7-8-13-21(20)34-5/h6-13,15,17,23H,1,14,16H2,2-5H3,(H,27,32)(H,28,33)/t23-/m0/s1. The van der Waals surface area contributed by atoms with Crippen molar-refractivity contribution in [3.05, 3.63) is 78.1 Å². The molecule has 0 aliphatic rings. The third-order valence-corrected chi connectivity index (χ3v) is 6.25. The zero-order valence-electron chi connectivity index (χ0n) is 20.4. The third-order valence-electron chi connectivity index (χ3n) is 5.28. The summed E-state index contributed by atoms with van der Waals surface area (Å²) in [4.78, 5) is 25.5. The van der Waals surface area contributed by atoms with Crippen LogP contribution >= 0.6 is 11.8 Å². The van der Waals surface area contributed by atoms with E-state index in [1.165, 1.54) is 11.8 Å². The van der Waals surface area contributed by atoms with Crippen LogP contribution in [0.25, 0.3) is 0 Å². The van der Waals surface area contributed by atoms with E-state index in [1.54, 1.807) is 31.4 Å². The minimum Gasteiger partial charge on any atom is -0.495 e. The van der Waals surface area contributed by atoms with Gasteiger partial charge < -0.3 is 19.9 Å². The zero-order chi connectivity index (χ0) is 25.4. The van der Waals surface area contributed by atoms with Crippen LogP contribution in [0.4, 0.5) is 5.69 Å². The second-order valence-corrected chi connectivity index (χ2v) is 9.28. The van der Waals surface area contributed by atoms with Gasteiger partial charge in [-0.3, -0.25) is 9.59 Å². The molecule has 3 aromatic rings. The first kappa shape index (κ1) is 26.0. The molecule has 1 atom stereocenters. The molecule has 3 rings (SSSR count). The van der Waals surface area contributed by atoms with Crippen molar-refractivity contribution in [3.63, 3.8) is 0 Å². The lowest BCUT2D eigenvalue weighted by molar-refractivity contribution is -0.113. The van der Waals surface area contributed by atoms with Crippen LogP contribution in [0.3, 0.4) is 0 Å². The Balaban J connectivity index is 1.76. The highest BCUT2D eigenvalue weighted by Gasteiger charge is 2.26. The molecule has 2 N–H and O–H groups in total. The highest BCUT2D eigenvalue weighted by atomic mass is 32.2. The number of aromatic nitrogens is 3. The van der Waals surface area contributed by atoms with Crippen LogP contribution in [-0.4, -0.2) is 39.4 Å². The first-order chi connectivity index (χ1) is 16.8. The Morgan fingerprint density at radius 3 is 2.63 bits per heavy atom. The zero-order valence-corrected chi connectivity index (χ0v) is 21.3. The molecule has 1 heterocycles. The molecular formula is C26H31N5O3S. The van der Waals surface area contributed by atoms with E-state index in [4.69, 9.17) is 4.74 Å². The predicted molar refractivity (Wildman–Crippen MR) is 139 cm³/mol. The van der Waals surface area contributed by atoms with Gasteiger partial charge in [-0.2, -0.15) is 0 Å². The third kappa shape index (κ3) is 6.73. The minimum absolute atomic E-state index is 0.0585. The monoisotopic (exact) mass is 493 g/mol. The number of para-hydroxylation sites is 2. The molecule has 184 valence electrons. The molecule has 0 bridgehead atoms. The van der Waals surface area contributed by atoms with E-state index in [9.17, 15) is 9.59 Å². The van der Waals surface area contributed by atoms with Crippen molar-refractivity contribution in [2.24, 2.45) is 5.92 Å². The molecule has 8 nitrogen and oxygen atoms in total. The van der Waals surface area contributed by atoms with Gasteiger partial charge >= 0.3 is 0 Å². The fourth-order valence-corrected chi connectivity index (χ4v) is 4.30. The van der Waals surface area contributed by atoms with Gasteiger partial charge in [0.05, 0.1) is 24.6 Å². The summed E-state index contributed by atoms with van der Waals surface area (Å²) in [5.74, 6) is 1.03. The van der Waals surface area contributed by atoms with Crippen LogP contribution in [0.5, 0.6) is 5.75 Å². The van der Waals surface area contributed by atoms with Crippen LogP contribution in [0.2, 0.25) is 0 Å². The van der Waals surface area contributed by atoms with Gasteiger partial charge in [-0.05, 0) is 37.1 Å². The normalized spacial score (nSPS) is 11.7. The number of hydrogen-bond donors (Lipinski definition) is 2. The maximum absolute atomic E-state index is 12.9. The van der Waals surface area contributed by atoms with Gasteiger partial charge in [0.1, 0.15) is 5.75 Å². The molecule has 0 unspecified atom stereocenters. The van der Waals surface area contributed by atoms with Gasteiger partial charge in [-0.1, -0.05) is 61.5 Å². The fraction of sp³-hybridized carbons (Fsp3) is 0.308. The summed E-state index contributed by atoms with van der Waals surface area (Å²) in [5.41, 5.74) is 2.21. The van der Waals surface area contributed by atoms with Crippen molar-refractivity contribution in [1.29, 1.82) is 0 Å². The van der Waals surface area contributed by atoms with E-state index in [1.807, 2.05) is 55.7 Å². The number of allylic oxidation sites excluding steroid dienone is 1. The summed E-state index contributed by atoms with van der Waals surface area (Å²) in [6.07, 6.45) is 1.74. The number of aryl methyl sites for hydroxylation is 1. The van der Waals surface area contributed by atoms with E-state index in [0.29, 0.717) is 34.5 Å². The number of carbonyl (C=O) groups is 2. The van der Waals surface area contributed by atoms with Crippen molar-refractivity contribution in [2.75, 3.05) is 18.2 Å². The lowest BCUT2D eigenvalue weighted by atomic mass is 10.0. The van der Waals surface area contributed by atoms with Crippen LogP contribution in [0, 0.1) is 12.8 Å². The number of nitrogens with one attached hydrogen (secondary N) is 2. The van der Waals surface area contributed by atoms with E-state index >= 15 is 0 Å². The van der Waals surface area contributed by atoms with Crippen LogP contribution in [0.1, 0.15) is 41.6 Å². The molecular weight excluding hydrogens is 462 g/mol. The van der Waals surface area contributed by atoms with E-state index in [-0.39, 0.29) is 29.5 Å². The summed E-state index contributed by atoms with van der Waals surface area (Å²) in [5, 5.41) is 15.2. The molecule has 0 spiro atoms. The quantitative estimate of drug-likeness (QED) is 0.298. The maximum atomic E-state index is 12.9. The largest absolute Gasteiger partial charge is 0.495 e. The number of carbonyl (C=O) groups excluding carboxylic acids is 2. The Kier molecular flexibility index (Phi) is 9.08. The van der Waals surface area contributed by atoms with Crippen molar-refractivity contribution in [2.45, 2.75) is 38.5 Å². The number of anilines is 1. The Morgan fingerprint density at radius 2 is 1.94 bits per heavy atom. The van der Waals surface area contributed by atoms with Gasteiger partial charge in [0.15, 0.2) is 11.0 Å². The van der Waals surface area contributed by atoms with Gasteiger partial charge in [0.2, 0.25) is 5.91 Å². The molecule has 0 radical (unpaired) electrons. The Bertz CT molecular complexity index is 1190. The summed E-state index contributed by atoms with van der Waals surface area (Å²) in [7, 11) is 1.56. The first-order valence-electron chi connectivity index (χ1n) is 11.3. The molecule has 0 saturated carbocycles. The lowest BCUT2D eigenvalue weighted by Crippen LogP contribution is -2.34. The number of hydrogen-bond acceptors (Lipinski definition) is 6. The molecule has 0 aliphatic carbocycles. The fourth-order valence-electron chi connectivity index (χ4n) is 3.54. The summed E-state index contributed by atoms with van der Waals surface area (Å²) in [6, 6.07) is 14.3. The number of nitrogens with zero attached hydrogens (tertiary/aromatic N) is 3. The van der Waals surface area contributed by atoms with E-state index in [2.05, 4.69) is 27.4 Å². The average molecular weight is 494 g/mol. The molecule has 35 heavy (non-hydrogen) atoms. The number of rotatable bonds is 11. The van der Waals surface area contributed by atoms with Crippen molar-refractivity contribution < 1.29 is 14.3 Å². The molecule has 1 aromatic heterocycles. The smallest absolute Gasteiger partial charge is 0.251 e. The predicted octanol–water partition coefficient (Wildman–Crippen LogP) is 4.64. The lowest BCUT2D eigenvalue weighted by Gasteiger charge is -2.22. The van der Waals surface area contributed by atoms with E-state index < -0.39 is 0 Å². The average Bonchev–Trinajstić information content (AvgIpc) is 3.23.